The van der Waals surface area contributed by atoms with Gasteiger partial charge in [-0.2, -0.15) is 0 Å². The van der Waals surface area contributed by atoms with Gasteiger partial charge in [-0.3, -0.25) is 9.79 Å². The van der Waals surface area contributed by atoms with Crippen molar-refractivity contribution in [2.24, 2.45) is 4.99 Å². The van der Waals surface area contributed by atoms with Gasteiger partial charge in [0, 0.05) is 43.4 Å². The third-order valence-electron chi connectivity index (χ3n) is 4.67. The highest BCUT2D eigenvalue weighted by molar-refractivity contribution is 14.0. The Morgan fingerprint density at radius 2 is 1.97 bits per heavy atom. The summed E-state index contributed by atoms with van der Waals surface area (Å²) in [5.41, 5.74) is 2.20. The number of amides is 1. The number of nitrogens with zero attached hydrogens (tertiary/aromatic N) is 2. The SMILES string of the molecule is CN=C(NCC(=O)NCc1ccccc1)NC1CCN(c2cccc(Cl)c2)C1.I. The molecule has 1 amide bonds. The summed E-state index contributed by atoms with van der Waals surface area (Å²) in [6, 6.07) is 18.0. The van der Waals surface area contributed by atoms with Crippen molar-refractivity contribution in [2.75, 3.05) is 31.6 Å². The van der Waals surface area contributed by atoms with Gasteiger partial charge in [0.05, 0.1) is 6.54 Å². The highest BCUT2D eigenvalue weighted by Gasteiger charge is 2.23. The molecule has 1 aliphatic heterocycles. The molecule has 6 nitrogen and oxygen atoms in total. The zero-order valence-corrected chi connectivity index (χ0v) is 19.5. The Morgan fingerprint density at radius 3 is 2.69 bits per heavy atom. The Bertz CT molecular complexity index is 818. The Hall–Kier alpha value is -2.00. The van der Waals surface area contributed by atoms with E-state index in [-0.39, 0.29) is 42.5 Å². The first kappa shape index (κ1) is 23.3. The maximum absolute atomic E-state index is 12.1. The Labute approximate surface area is 194 Å². The van der Waals surface area contributed by atoms with Crippen LogP contribution in [0.5, 0.6) is 0 Å². The van der Waals surface area contributed by atoms with E-state index < -0.39 is 0 Å². The molecule has 1 heterocycles. The topological polar surface area (TPSA) is 68.8 Å². The molecule has 1 unspecified atom stereocenters. The fourth-order valence-electron chi connectivity index (χ4n) is 3.20. The van der Waals surface area contributed by atoms with E-state index in [2.05, 4.69) is 31.9 Å². The second kappa shape index (κ2) is 11.9. The third-order valence-corrected chi connectivity index (χ3v) is 4.91. The van der Waals surface area contributed by atoms with E-state index in [1.807, 2.05) is 48.5 Å². The Morgan fingerprint density at radius 1 is 1.17 bits per heavy atom. The van der Waals surface area contributed by atoms with E-state index in [4.69, 9.17) is 11.6 Å². The highest BCUT2D eigenvalue weighted by Crippen LogP contribution is 2.23. The molecule has 29 heavy (non-hydrogen) atoms. The smallest absolute Gasteiger partial charge is 0.239 e. The quantitative estimate of drug-likeness (QED) is 0.307. The lowest BCUT2D eigenvalue weighted by atomic mass is 10.2. The zero-order chi connectivity index (χ0) is 19.8. The lowest BCUT2D eigenvalue weighted by Crippen LogP contribution is -2.47. The van der Waals surface area contributed by atoms with Gasteiger partial charge >= 0.3 is 0 Å². The Kier molecular flexibility index (Phi) is 9.53. The summed E-state index contributed by atoms with van der Waals surface area (Å²) < 4.78 is 0. The molecule has 156 valence electrons. The van der Waals surface area contributed by atoms with Gasteiger partial charge in [-0.05, 0) is 30.2 Å². The average Bonchev–Trinajstić information content (AvgIpc) is 3.19. The summed E-state index contributed by atoms with van der Waals surface area (Å²) in [7, 11) is 1.71. The monoisotopic (exact) mass is 527 g/mol. The summed E-state index contributed by atoms with van der Waals surface area (Å²) in [5.74, 6) is 0.562. The molecule has 0 bridgehead atoms. The first-order chi connectivity index (χ1) is 13.6. The first-order valence-electron chi connectivity index (χ1n) is 9.42. The van der Waals surface area contributed by atoms with Gasteiger partial charge in [-0.25, -0.2) is 0 Å². The largest absolute Gasteiger partial charge is 0.369 e. The van der Waals surface area contributed by atoms with Crippen LogP contribution >= 0.6 is 35.6 Å². The second-order valence-corrected chi connectivity index (χ2v) is 7.18. The number of carbonyl (C=O) groups is 1. The Balaban J connectivity index is 0.00000300. The fourth-order valence-corrected chi connectivity index (χ4v) is 3.38. The third kappa shape index (κ3) is 7.40. The van der Waals surface area contributed by atoms with Crippen LogP contribution in [0.3, 0.4) is 0 Å². The summed E-state index contributed by atoms with van der Waals surface area (Å²) in [6.07, 6.45) is 0.993. The van der Waals surface area contributed by atoms with Gasteiger partial charge in [0.25, 0.3) is 0 Å². The van der Waals surface area contributed by atoms with Crippen LogP contribution in [-0.2, 0) is 11.3 Å². The van der Waals surface area contributed by atoms with Crippen LogP contribution in [0.25, 0.3) is 0 Å². The van der Waals surface area contributed by atoms with E-state index in [0.29, 0.717) is 12.5 Å². The fraction of sp³-hybridized carbons (Fsp3) is 0.333. The number of benzene rings is 2. The number of carbonyl (C=O) groups excluding carboxylic acids is 1. The van der Waals surface area contributed by atoms with Gasteiger partial charge in [0.2, 0.25) is 5.91 Å². The molecule has 1 aliphatic rings. The lowest BCUT2D eigenvalue weighted by molar-refractivity contribution is -0.120. The van der Waals surface area contributed by atoms with E-state index in [1.54, 1.807) is 7.05 Å². The van der Waals surface area contributed by atoms with E-state index in [9.17, 15) is 4.79 Å². The number of nitrogens with one attached hydrogen (secondary N) is 3. The molecule has 1 atom stereocenters. The van der Waals surface area contributed by atoms with Crippen LogP contribution in [0, 0.1) is 0 Å². The van der Waals surface area contributed by atoms with Gasteiger partial charge in [0.1, 0.15) is 0 Å². The average molecular weight is 528 g/mol. The minimum Gasteiger partial charge on any atom is -0.369 e. The standard InChI is InChI=1S/C21H26ClN5O.HI/c1-23-21(25-14-20(28)24-13-16-6-3-2-4-7-16)26-18-10-11-27(15-18)19-9-5-8-17(22)12-19;/h2-9,12,18H,10-11,13-15H2,1H3,(H,24,28)(H2,23,25,26);1H. The molecular weight excluding hydrogens is 501 g/mol. The number of guanidine groups is 1. The molecule has 2 aromatic carbocycles. The van der Waals surface area contributed by atoms with E-state index in [0.717, 1.165) is 35.8 Å². The van der Waals surface area contributed by atoms with Crippen LogP contribution in [0.15, 0.2) is 59.6 Å². The van der Waals surface area contributed by atoms with E-state index in [1.165, 1.54) is 0 Å². The second-order valence-electron chi connectivity index (χ2n) is 6.74. The number of anilines is 1. The van der Waals surface area contributed by atoms with Gasteiger partial charge in [0.15, 0.2) is 5.96 Å². The predicted molar refractivity (Wildman–Crippen MR) is 130 cm³/mol. The lowest BCUT2D eigenvalue weighted by Gasteiger charge is -2.20. The summed E-state index contributed by atoms with van der Waals surface area (Å²) in [5, 5.41) is 10.1. The molecule has 3 N–H and O–H groups in total. The molecule has 1 saturated heterocycles. The van der Waals surface area contributed by atoms with Crippen molar-refractivity contribution in [3.8, 4) is 0 Å². The van der Waals surface area contributed by atoms with Crippen molar-refractivity contribution in [1.29, 1.82) is 0 Å². The van der Waals surface area contributed by atoms with Crippen molar-refractivity contribution in [1.82, 2.24) is 16.0 Å². The molecule has 0 radical (unpaired) electrons. The maximum Gasteiger partial charge on any atom is 0.239 e. The number of hydrogen-bond donors (Lipinski definition) is 3. The highest BCUT2D eigenvalue weighted by atomic mass is 127. The molecule has 3 rings (SSSR count). The zero-order valence-electron chi connectivity index (χ0n) is 16.4. The minimum absolute atomic E-state index is 0. The van der Waals surface area contributed by atoms with Crippen LogP contribution < -0.4 is 20.9 Å². The van der Waals surface area contributed by atoms with Gasteiger partial charge < -0.3 is 20.9 Å². The molecule has 0 saturated carbocycles. The summed E-state index contributed by atoms with van der Waals surface area (Å²) >= 11 is 6.09. The summed E-state index contributed by atoms with van der Waals surface area (Å²) in [6.45, 7) is 2.51. The minimum atomic E-state index is -0.0706. The molecular formula is C21H27ClIN5O. The predicted octanol–water partition coefficient (Wildman–Crippen LogP) is 3.02. The molecule has 0 aromatic heterocycles. The molecule has 0 aliphatic carbocycles. The van der Waals surface area contributed by atoms with Crippen molar-refractivity contribution in [2.45, 2.75) is 19.0 Å². The summed E-state index contributed by atoms with van der Waals surface area (Å²) in [4.78, 5) is 18.6. The van der Waals surface area contributed by atoms with Crippen LogP contribution in [0.4, 0.5) is 5.69 Å². The number of hydrogen-bond acceptors (Lipinski definition) is 3. The van der Waals surface area contributed by atoms with Crippen molar-refractivity contribution >= 4 is 53.1 Å². The molecule has 8 heteroatoms. The van der Waals surface area contributed by atoms with Gasteiger partial charge in [-0.15, -0.1) is 24.0 Å². The maximum atomic E-state index is 12.1. The van der Waals surface area contributed by atoms with E-state index >= 15 is 0 Å². The van der Waals surface area contributed by atoms with Crippen molar-refractivity contribution in [3.05, 3.63) is 65.2 Å². The first-order valence-corrected chi connectivity index (χ1v) is 9.80. The van der Waals surface area contributed by atoms with Crippen molar-refractivity contribution in [3.63, 3.8) is 0 Å². The molecule has 0 spiro atoms. The number of rotatable bonds is 6. The molecule has 1 fully saturated rings. The number of aliphatic imine (C=N–C) groups is 1. The van der Waals surface area contributed by atoms with Crippen LogP contribution in [-0.4, -0.2) is 44.6 Å². The normalized spacial score (nSPS) is 16.1. The van der Waals surface area contributed by atoms with Crippen molar-refractivity contribution < 1.29 is 4.79 Å². The van der Waals surface area contributed by atoms with Gasteiger partial charge in [-0.1, -0.05) is 48.0 Å². The van der Waals surface area contributed by atoms with Crippen LogP contribution in [0.2, 0.25) is 5.02 Å². The number of halogens is 2. The van der Waals surface area contributed by atoms with Crippen LogP contribution in [0.1, 0.15) is 12.0 Å². The molecule has 2 aromatic rings.